The van der Waals surface area contributed by atoms with E-state index >= 15 is 0 Å². The molecule has 0 aromatic heterocycles. The largest absolute Gasteiger partial charge is 0.462 e. The normalized spacial score (nSPS) is 47.1. The number of carbonyl (C=O) groups is 3. The molecule has 11 atom stereocenters. The first-order chi connectivity index (χ1) is 19.7. The summed E-state index contributed by atoms with van der Waals surface area (Å²) in [6, 6.07) is 0. The van der Waals surface area contributed by atoms with Crippen LogP contribution in [-0.4, -0.2) is 47.4 Å². The first kappa shape index (κ1) is 32.8. The van der Waals surface area contributed by atoms with Gasteiger partial charge in [0.05, 0.1) is 11.7 Å². The van der Waals surface area contributed by atoms with Gasteiger partial charge in [-0.3, -0.25) is 14.4 Å². The highest BCUT2D eigenvalue weighted by Gasteiger charge is 2.72. The Hall–Kier alpha value is -1.63. The lowest BCUT2D eigenvalue weighted by molar-refractivity contribution is -0.254. The highest BCUT2D eigenvalue weighted by molar-refractivity contribution is 5.67. The Morgan fingerprint density at radius 3 is 1.95 bits per heavy atom. The predicted molar refractivity (Wildman–Crippen MR) is 164 cm³/mol. The minimum atomic E-state index is -0.699. The molecule has 5 fully saturated rings. The minimum absolute atomic E-state index is 0.0125. The zero-order valence-corrected chi connectivity index (χ0v) is 28.8. The van der Waals surface area contributed by atoms with Gasteiger partial charge in [0.1, 0.15) is 17.8 Å². The van der Waals surface area contributed by atoms with Crippen LogP contribution >= 0.6 is 0 Å². The lowest BCUT2D eigenvalue weighted by Crippen LogP contribution is -2.67. The van der Waals surface area contributed by atoms with Crippen molar-refractivity contribution in [1.82, 2.24) is 0 Å². The van der Waals surface area contributed by atoms with Crippen LogP contribution in [0.5, 0.6) is 0 Å². The van der Waals surface area contributed by atoms with Gasteiger partial charge in [0.25, 0.3) is 0 Å². The number of carbonyl (C=O) groups excluding carboxylic acids is 3. The molecule has 1 heterocycles. The molecule has 4 aliphatic carbocycles. The van der Waals surface area contributed by atoms with Gasteiger partial charge in [0.15, 0.2) is 0 Å². The molecule has 7 heteroatoms. The minimum Gasteiger partial charge on any atom is -0.462 e. The van der Waals surface area contributed by atoms with Crippen molar-refractivity contribution in [2.75, 3.05) is 0 Å². The molecule has 0 aromatic rings. The number of fused-ring (bicyclic) bond motifs is 5. The average molecular weight is 603 g/mol. The molecular weight excluding hydrogens is 544 g/mol. The molecule has 5 aliphatic rings. The van der Waals surface area contributed by atoms with Crippen LogP contribution in [0.15, 0.2) is 0 Å². The van der Waals surface area contributed by atoms with Crippen molar-refractivity contribution in [2.45, 2.75) is 163 Å². The second-order valence-corrected chi connectivity index (χ2v) is 17.2. The Bertz CT molecular complexity index is 1140. The van der Waals surface area contributed by atoms with Crippen molar-refractivity contribution >= 4 is 17.9 Å². The molecule has 0 spiro atoms. The number of esters is 3. The summed E-state index contributed by atoms with van der Waals surface area (Å²) in [5, 5.41) is 0. The third-order valence-corrected chi connectivity index (χ3v) is 14.2. The molecule has 0 amide bonds. The fraction of sp³-hybridized carbons (Fsp3) is 0.917. The van der Waals surface area contributed by atoms with Crippen LogP contribution in [0.25, 0.3) is 0 Å². The Balaban J connectivity index is 1.49. The van der Waals surface area contributed by atoms with Gasteiger partial charge in [-0.05, 0) is 113 Å². The third kappa shape index (κ3) is 4.97. The molecule has 5 rings (SSSR count). The van der Waals surface area contributed by atoms with Crippen molar-refractivity contribution in [3.8, 4) is 0 Å². The molecule has 43 heavy (non-hydrogen) atoms. The first-order valence-corrected chi connectivity index (χ1v) is 16.9. The van der Waals surface area contributed by atoms with E-state index in [0.29, 0.717) is 11.8 Å². The number of ether oxygens (including phenoxy) is 4. The van der Waals surface area contributed by atoms with Gasteiger partial charge in [-0.2, -0.15) is 0 Å². The van der Waals surface area contributed by atoms with Crippen molar-refractivity contribution in [3.63, 3.8) is 0 Å². The summed E-state index contributed by atoms with van der Waals surface area (Å²) in [4.78, 5) is 36.6. The topological polar surface area (TPSA) is 88.1 Å². The van der Waals surface area contributed by atoms with Crippen molar-refractivity contribution < 1.29 is 33.3 Å². The van der Waals surface area contributed by atoms with Gasteiger partial charge in [-0.15, -0.1) is 0 Å². The standard InChI is InChI=1S/C36H58O7/c1-21(37)40-25-20-27-33(8)16-14-28(41-22(2)38)31(4,5)26(33)13-18-34(27,9)35(10)17-12-24(30(25)35)36(11)19-15-29(43-36)32(6,7)42-23(3)39/h24-30H,12-20H2,1-11H3/t24-,25+,26-,27+,28-,29-,30-,33-,34+,35+,36+/m0/s1. The molecule has 0 bridgehead atoms. The second kappa shape index (κ2) is 10.5. The highest BCUT2D eigenvalue weighted by Crippen LogP contribution is 2.76. The van der Waals surface area contributed by atoms with E-state index in [9.17, 15) is 14.4 Å². The molecule has 0 radical (unpaired) electrons. The van der Waals surface area contributed by atoms with E-state index in [1.165, 1.54) is 13.8 Å². The highest BCUT2D eigenvalue weighted by atomic mass is 16.6. The number of hydrogen-bond acceptors (Lipinski definition) is 7. The van der Waals surface area contributed by atoms with Gasteiger partial charge in [0.2, 0.25) is 0 Å². The van der Waals surface area contributed by atoms with Crippen LogP contribution in [0.2, 0.25) is 0 Å². The fourth-order valence-corrected chi connectivity index (χ4v) is 12.2. The third-order valence-electron chi connectivity index (χ3n) is 14.2. The monoisotopic (exact) mass is 602 g/mol. The first-order valence-electron chi connectivity index (χ1n) is 16.9. The Labute approximate surface area is 259 Å². The summed E-state index contributed by atoms with van der Waals surface area (Å²) in [5.41, 5.74) is -1.07. The van der Waals surface area contributed by atoms with Gasteiger partial charge in [-0.25, -0.2) is 0 Å². The molecule has 0 aromatic carbocycles. The lowest BCUT2D eigenvalue weighted by Gasteiger charge is -2.70. The smallest absolute Gasteiger partial charge is 0.303 e. The summed E-state index contributed by atoms with van der Waals surface area (Å²) in [6.45, 7) is 22.9. The maximum Gasteiger partial charge on any atom is 0.303 e. The summed E-state index contributed by atoms with van der Waals surface area (Å²) < 4.78 is 24.9. The van der Waals surface area contributed by atoms with Crippen LogP contribution in [0.1, 0.15) is 134 Å². The molecule has 7 nitrogen and oxygen atoms in total. The van der Waals surface area contributed by atoms with E-state index in [4.69, 9.17) is 18.9 Å². The van der Waals surface area contributed by atoms with Gasteiger partial charge in [0, 0.05) is 32.1 Å². The van der Waals surface area contributed by atoms with Crippen LogP contribution in [-0.2, 0) is 33.3 Å². The Morgan fingerprint density at radius 1 is 0.721 bits per heavy atom. The summed E-state index contributed by atoms with van der Waals surface area (Å²) in [6.07, 6.45) is 8.47. The van der Waals surface area contributed by atoms with E-state index in [1.54, 1.807) is 6.92 Å². The molecule has 4 saturated carbocycles. The Kier molecular flexibility index (Phi) is 7.96. The molecule has 1 aliphatic heterocycles. The number of hydrogen-bond donors (Lipinski definition) is 0. The fourth-order valence-electron chi connectivity index (χ4n) is 12.2. The Morgan fingerprint density at radius 2 is 1.35 bits per heavy atom. The maximum atomic E-state index is 12.7. The molecule has 1 saturated heterocycles. The van der Waals surface area contributed by atoms with E-state index < -0.39 is 5.60 Å². The van der Waals surface area contributed by atoms with Crippen LogP contribution < -0.4 is 0 Å². The zero-order chi connectivity index (χ0) is 32.0. The predicted octanol–water partition coefficient (Wildman–Crippen LogP) is 7.42. The maximum absolute atomic E-state index is 12.7. The van der Waals surface area contributed by atoms with Crippen LogP contribution in [0.3, 0.4) is 0 Å². The van der Waals surface area contributed by atoms with Crippen LogP contribution in [0.4, 0.5) is 0 Å². The lowest BCUT2D eigenvalue weighted by atomic mass is 9.35. The quantitative estimate of drug-likeness (QED) is 0.239. The number of rotatable bonds is 5. The molecule has 244 valence electrons. The molecule has 0 unspecified atom stereocenters. The van der Waals surface area contributed by atoms with Gasteiger partial charge in [-0.1, -0.05) is 34.6 Å². The summed E-state index contributed by atoms with van der Waals surface area (Å²) >= 11 is 0. The zero-order valence-electron chi connectivity index (χ0n) is 28.8. The van der Waals surface area contributed by atoms with Gasteiger partial charge >= 0.3 is 17.9 Å². The van der Waals surface area contributed by atoms with Gasteiger partial charge < -0.3 is 18.9 Å². The average Bonchev–Trinajstić information content (AvgIpc) is 3.44. The summed E-state index contributed by atoms with van der Waals surface area (Å²) in [7, 11) is 0. The summed E-state index contributed by atoms with van der Waals surface area (Å²) in [5.74, 6) is 0.585. The van der Waals surface area contributed by atoms with Crippen LogP contribution in [0, 0.1) is 45.3 Å². The van der Waals surface area contributed by atoms with Crippen molar-refractivity contribution in [2.24, 2.45) is 45.3 Å². The van der Waals surface area contributed by atoms with Crippen molar-refractivity contribution in [1.29, 1.82) is 0 Å². The van der Waals surface area contributed by atoms with E-state index in [0.717, 1.165) is 57.8 Å². The van der Waals surface area contributed by atoms with E-state index in [1.807, 2.05) is 13.8 Å². The second-order valence-electron chi connectivity index (χ2n) is 17.2. The van der Waals surface area contributed by atoms with E-state index in [2.05, 4.69) is 41.5 Å². The van der Waals surface area contributed by atoms with Crippen molar-refractivity contribution in [3.05, 3.63) is 0 Å². The molecule has 0 N–H and O–H groups in total. The SMILES string of the molecule is CC(=O)O[C@H]1CC[C@]2(C)[C@H]3C[C@@H](OC(C)=O)[C@@H]4[C@@H]([C@@]5(C)CC[C@@H](C(C)(C)OC(C)=O)O5)CC[C@@]4(C)[C@]3(C)CC[C@H]2C1(C)C. The van der Waals surface area contributed by atoms with E-state index in [-0.39, 0.29) is 75.3 Å². The molecular formula is C36H58O7.